The molecule has 3 N–H and O–H groups in total. The summed E-state index contributed by atoms with van der Waals surface area (Å²) in [6, 6.07) is 16.6. The lowest BCUT2D eigenvalue weighted by atomic mass is 9.96. The first-order chi connectivity index (χ1) is 14.7. The monoisotopic (exact) mass is 399 g/mol. The van der Waals surface area contributed by atoms with Crippen LogP contribution in [0.15, 0.2) is 48.5 Å². The van der Waals surface area contributed by atoms with Gasteiger partial charge in [0.25, 0.3) is 0 Å². The highest BCUT2D eigenvalue weighted by Gasteiger charge is 2.13. The number of benzene rings is 2. The molecule has 0 spiro atoms. The number of nitrogen functional groups attached to an aromatic ring is 1. The van der Waals surface area contributed by atoms with Gasteiger partial charge in [-0.25, -0.2) is 15.1 Å². The van der Waals surface area contributed by atoms with Crippen molar-refractivity contribution >= 4 is 5.82 Å². The Balaban J connectivity index is 1.62. The second kappa shape index (κ2) is 8.82. The fraction of sp³-hybridized carbons (Fsp3) is 0.261. The summed E-state index contributed by atoms with van der Waals surface area (Å²) in [5.41, 5.74) is 12.7. The van der Waals surface area contributed by atoms with Gasteiger partial charge in [-0.1, -0.05) is 61.9 Å². The van der Waals surface area contributed by atoms with E-state index in [4.69, 9.17) is 5.73 Å². The van der Waals surface area contributed by atoms with Crippen LogP contribution in [-0.2, 0) is 12.8 Å². The number of nitrogens with zero attached hydrogens (tertiary/aromatic N) is 5. The average Bonchev–Trinajstić information content (AvgIpc) is 3.30. The lowest BCUT2D eigenvalue weighted by Gasteiger charge is -2.13. The minimum absolute atomic E-state index is 0.584. The van der Waals surface area contributed by atoms with Gasteiger partial charge >= 0.3 is 0 Å². The van der Waals surface area contributed by atoms with E-state index in [9.17, 15) is 0 Å². The molecule has 0 aliphatic rings. The number of hydrogen-bond acceptors (Lipinski definition) is 6. The highest BCUT2D eigenvalue weighted by molar-refractivity contribution is 5.80. The third-order valence-electron chi connectivity index (χ3n) is 5.18. The number of H-pyrrole nitrogens is 1. The molecule has 0 saturated carbocycles. The van der Waals surface area contributed by atoms with Crippen molar-refractivity contribution in [2.75, 3.05) is 5.73 Å². The normalized spacial score (nSPS) is 11.0. The molecule has 0 unspecified atom stereocenters. The zero-order valence-corrected chi connectivity index (χ0v) is 17.3. The SMILES string of the molecule is CCCCc1nc(C)nc(N)c1Cc1ccc(-c2ccccc2-c2nnn[nH]2)cc1. The summed E-state index contributed by atoms with van der Waals surface area (Å²) < 4.78 is 0. The number of nitrogens with two attached hydrogens (primary N) is 1. The van der Waals surface area contributed by atoms with Crippen molar-refractivity contribution < 1.29 is 0 Å². The van der Waals surface area contributed by atoms with E-state index < -0.39 is 0 Å². The quantitative estimate of drug-likeness (QED) is 0.483. The van der Waals surface area contributed by atoms with E-state index >= 15 is 0 Å². The molecule has 0 bridgehead atoms. The molecule has 30 heavy (non-hydrogen) atoms. The first-order valence-electron chi connectivity index (χ1n) is 10.2. The molecule has 0 fully saturated rings. The number of unbranched alkanes of at least 4 members (excludes halogenated alkanes) is 1. The van der Waals surface area contributed by atoms with E-state index in [0.29, 0.717) is 11.6 Å². The number of tetrazole rings is 1. The van der Waals surface area contributed by atoms with Crippen molar-refractivity contribution in [3.8, 4) is 22.5 Å². The fourth-order valence-corrected chi connectivity index (χ4v) is 3.64. The average molecular weight is 400 g/mol. The van der Waals surface area contributed by atoms with Crippen molar-refractivity contribution in [1.29, 1.82) is 0 Å². The van der Waals surface area contributed by atoms with Crippen LogP contribution in [0.2, 0.25) is 0 Å². The number of nitrogens with one attached hydrogen (secondary N) is 1. The third-order valence-corrected chi connectivity index (χ3v) is 5.18. The molecule has 0 amide bonds. The highest BCUT2D eigenvalue weighted by Crippen LogP contribution is 2.30. The van der Waals surface area contributed by atoms with Crippen LogP contribution in [0.1, 0.15) is 42.4 Å². The van der Waals surface area contributed by atoms with Gasteiger partial charge in [0.15, 0.2) is 5.82 Å². The molecular weight excluding hydrogens is 374 g/mol. The van der Waals surface area contributed by atoms with E-state index in [-0.39, 0.29) is 0 Å². The molecule has 0 aliphatic carbocycles. The molecule has 2 aromatic heterocycles. The molecule has 2 heterocycles. The Hall–Kier alpha value is -3.61. The Labute approximate surface area is 175 Å². The van der Waals surface area contributed by atoms with Gasteiger partial charge in [-0.15, -0.1) is 5.10 Å². The van der Waals surface area contributed by atoms with Crippen LogP contribution in [-0.4, -0.2) is 30.6 Å². The number of aryl methyl sites for hydroxylation is 2. The zero-order valence-electron chi connectivity index (χ0n) is 17.3. The van der Waals surface area contributed by atoms with Gasteiger partial charge in [0.2, 0.25) is 0 Å². The number of aromatic nitrogens is 6. The molecular formula is C23H25N7. The van der Waals surface area contributed by atoms with Crippen LogP contribution in [0.3, 0.4) is 0 Å². The molecule has 4 rings (SSSR count). The van der Waals surface area contributed by atoms with Gasteiger partial charge in [-0.3, -0.25) is 0 Å². The first-order valence-corrected chi connectivity index (χ1v) is 10.2. The second-order valence-electron chi connectivity index (χ2n) is 7.35. The molecule has 7 heteroatoms. The smallest absolute Gasteiger partial charge is 0.180 e. The van der Waals surface area contributed by atoms with Crippen LogP contribution in [0.5, 0.6) is 0 Å². The summed E-state index contributed by atoms with van der Waals surface area (Å²) in [5, 5.41) is 14.3. The standard InChI is InChI=1S/C23H25N7/c1-3-4-9-21-20(22(24)26-15(2)25-21)14-16-10-12-17(13-11-16)18-7-5-6-8-19(18)23-27-29-30-28-23/h5-8,10-13H,3-4,9,14H2,1-2H3,(H2,24,25,26)(H,27,28,29,30). The molecule has 4 aromatic rings. The van der Waals surface area contributed by atoms with Crippen molar-refractivity contribution in [2.45, 2.75) is 39.5 Å². The Morgan fingerprint density at radius 3 is 2.43 bits per heavy atom. The Bertz CT molecular complexity index is 1120. The number of hydrogen-bond donors (Lipinski definition) is 2. The highest BCUT2D eigenvalue weighted by atomic mass is 15.5. The summed E-state index contributed by atoms with van der Waals surface area (Å²) in [4.78, 5) is 9.05. The predicted octanol–water partition coefficient (Wildman–Crippen LogP) is 4.15. The molecule has 152 valence electrons. The minimum atomic E-state index is 0.584. The van der Waals surface area contributed by atoms with Crippen LogP contribution in [0, 0.1) is 6.92 Å². The molecule has 2 aromatic carbocycles. The number of aromatic amines is 1. The van der Waals surface area contributed by atoms with E-state index in [1.165, 1.54) is 5.56 Å². The van der Waals surface area contributed by atoms with Crippen LogP contribution >= 0.6 is 0 Å². The predicted molar refractivity (Wildman–Crippen MR) is 118 cm³/mol. The van der Waals surface area contributed by atoms with Gasteiger partial charge in [-0.2, -0.15) is 0 Å². The maximum absolute atomic E-state index is 6.26. The first kappa shape index (κ1) is 19.7. The van der Waals surface area contributed by atoms with E-state index in [2.05, 4.69) is 67.8 Å². The van der Waals surface area contributed by atoms with Crippen LogP contribution in [0.25, 0.3) is 22.5 Å². The topological polar surface area (TPSA) is 106 Å². The summed E-state index contributed by atoms with van der Waals surface area (Å²) in [6.07, 6.45) is 3.86. The van der Waals surface area contributed by atoms with Gasteiger partial charge in [0, 0.05) is 23.2 Å². The molecule has 7 nitrogen and oxygen atoms in total. The fourth-order valence-electron chi connectivity index (χ4n) is 3.64. The van der Waals surface area contributed by atoms with E-state index in [1.807, 2.05) is 25.1 Å². The maximum atomic E-state index is 6.26. The van der Waals surface area contributed by atoms with E-state index in [1.54, 1.807) is 0 Å². The second-order valence-corrected chi connectivity index (χ2v) is 7.35. The van der Waals surface area contributed by atoms with Crippen LogP contribution < -0.4 is 5.73 Å². The Morgan fingerprint density at radius 2 is 1.73 bits per heavy atom. The van der Waals surface area contributed by atoms with Gasteiger partial charge in [-0.05, 0) is 46.9 Å². The molecule has 0 atom stereocenters. The zero-order chi connectivity index (χ0) is 20.9. The van der Waals surface area contributed by atoms with Crippen LogP contribution in [0.4, 0.5) is 5.82 Å². The van der Waals surface area contributed by atoms with Crippen molar-refractivity contribution in [1.82, 2.24) is 30.6 Å². The number of anilines is 1. The Kier molecular flexibility index (Phi) is 5.79. The third kappa shape index (κ3) is 4.20. The summed E-state index contributed by atoms with van der Waals surface area (Å²) in [7, 11) is 0. The molecule has 0 saturated heterocycles. The van der Waals surface area contributed by atoms with Crippen molar-refractivity contribution in [2.24, 2.45) is 0 Å². The lowest BCUT2D eigenvalue weighted by Crippen LogP contribution is -2.08. The van der Waals surface area contributed by atoms with Gasteiger partial charge in [0.05, 0.1) is 0 Å². The van der Waals surface area contributed by atoms with E-state index in [0.717, 1.165) is 59.5 Å². The minimum Gasteiger partial charge on any atom is -0.383 e. The maximum Gasteiger partial charge on any atom is 0.180 e. The summed E-state index contributed by atoms with van der Waals surface area (Å²) in [5.74, 6) is 1.97. The molecule has 0 radical (unpaired) electrons. The lowest BCUT2D eigenvalue weighted by molar-refractivity contribution is 0.758. The molecule has 0 aliphatic heterocycles. The van der Waals surface area contributed by atoms with Gasteiger partial charge in [0.1, 0.15) is 11.6 Å². The Morgan fingerprint density at radius 1 is 0.967 bits per heavy atom. The summed E-state index contributed by atoms with van der Waals surface area (Å²) >= 11 is 0. The largest absolute Gasteiger partial charge is 0.383 e. The summed E-state index contributed by atoms with van der Waals surface area (Å²) in [6.45, 7) is 4.08. The van der Waals surface area contributed by atoms with Crippen molar-refractivity contribution in [3.63, 3.8) is 0 Å². The number of rotatable bonds is 7. The van der Waals surface area contributed by atoms with Crippen molar-refractivity contribution in [3.05, 3.63) is 71.2 Å². The van der Waals surface area contributed by atoms with Gasteiger partial charge < -0.3 is 5.73 Å².